The molecule has 0 saturated carbocycles. The Hall–Kier alpha value is -3.01. The number of aromatic amines is 2. The molecule has 0 aliphatic carbocycles. The number of rotatable bonds is 6. The zero-order valence-corrected chi connectivity index (χ0v) is 15.7. The average Bonchev–Trinajstić information content (AvgIpc) is 3.24. The van der Waals surface area contributed by atoms with E-state index in [-0.39, 0.29) is 12.3 Å². The number of carboxylic acid groups (broad SMARTS) is 1. The lowest BCUT2D eigenvalue weighted by Crippen LogP contribution is -2.11. The molecule has 2 aromatic carbocycles. The molecule has 138 valence electrons. The minimum atomic E-state index is -0.778. The van der Waals surface area contributed by atoms with E-state index in [2.05, 4.69) is 48.1 Å². The van der Waals surface area contributed by atoms with Gasteiger partial charge >= 0.3 is 5.97 Å². The molecule has 3 N–H and O–H groups in total. The molecule has 0 spiro atoms. The van der Waals surface area contributed by atoms with E-state index in [1.165, 1.54) is 0 Å². The third-order valence-electron chi connectivity index (χ3n) is 5.44. The molecule has 4 rings (SSSR count). The Balaban J connectivity index is 2.04. The predicted octanol–water partition coefficient (Wildman–Crippen LogP) is 5.38. The number of para-hydroxylation sites is 2. The smallest absolute Gasteiger partial charge is 0.304 e. The molecule has 27 heavy (non-hydrogen) atoms. The van der Waals surface area contributed by atoms with Crippen LogP contribution in [0.2, 0.25) is 0 Å². The summed E-state index contributed by atoms with van der Waals surface area (Å²) in [5.41, 5.74) is 6.62. The van der Waals surface area contributed by atoms with Crippen molar-refractivity contribution in [2.45, 2.75) is 39.0 Å². The molecular weight excluding hydrogens is 336 g/mol. The molecule has 0 fully saturated rings. The lowest BCUT2D eigenvalue weighted by molar-refractivity contribution is -0.137. The summed E-state index contributed by atoms with van der Waals surface area (Å²) in [6.07, 6.45) is 1.75. The Bertz CT molecular complexity index is 1040. The number of hydrogen-bond donors (Lipinski definition) is 3. The molecule has 2 aromatic heterocycles. The lowest BCUT2D eigenvalue weighted by Gasteiger charge is -2.18. The van der Waals surface area contributed by atoms with Crippen LogP contribution in [0.4, 0.5) is 0 Å². The zero-order chi connectivity index (χ0) is 19.0. The average molecular weight is 360 g/mol. The van der Waals surface area contributed by atoms with E-state index in [0.29, 0.717) is 0 Å². The second kappa shape index (κ2) is 6.95. The molecule has 0 bridgehead atoms. The van der Waals surface area contributed by atoms with Crippen molar-refractivity contribution >= 4 is 27.8 Å². The molecule has 4 heteroatoms. The van der Waals surface area contributed by atoms with Gasteiger partial charge in [-0.1, -0.05) is 50.2 Å². The topological polar surface area (TPSA) is 68.9 Å². The van der Waals surface area contributed by atoms with Crippen LogP contribution in [0.1, 0.15) is 48.7 Å². The molecule has 0 unspecified atom stereocenters. The van der Waals surface area contributed by atoms with Gasteiger partial charge in [0.2, 0.25) is 0 Å². The first-order valence-corrected chi connectivity index (χ1v) is 9.54. The quantitative estimate of drug-likeness (QED) is 0.432. The second-order valence-corrected chi connectivity index (χ2v) is 6.98. The highest BCUT2D eigenvalue weighted by Gasteiger charge is 2.28. The maximum Gasteiger partial charge on any atom is 0.304 e. The van der Waals surface area contributed by atoms with Crippen LogP contribution < -0.4 is 0 Å². The highest BCUT2D eigenvalue weighted by molar-refractivity contribution is 5.91. The second-order valence-electron chi connectivity index (χ2n) is 6.98. The minimum absolute atomic E-state index is 0.0731. The van der Waals surface area contributed by atoms with Gasteiger partial charge in [-0.2, -0.15) is 0 Å². The number of fused-ring (bicyclic) bond motifs is 2. The summed E-state index contributed by atoms with van der Waals surface area (Å²) >= 11 is 0. The third-order valence-corrected chi connectivity index (χ3v) is 5.44. The van der Waals surface area contributed by atoms with Gasteiger partial charge in [0, 0.05) is 39.1 Å². The van der Waals surface area contributed by atoms with Crippen LogP contribution in [0, 0.1) is 0 Å². The fourth-order valence-corrected chi connectivity index (χ4v) is 4.32. The van der Waals surface area contributed by atoms with Gasteiger partial charge in [-0.3, -0.25) is 4.79 Å². The number of nitrogens with one attached hydrogen (secondary N) is 2. The number of carbonyl (C=O) groups is 1. The highest BCUT2D eigenvalue weighted by atomic mass is 16.4. The standard InChI is InChI=1S/C23H24N2O2/c1-3-17-22(14-9-5-7-11-19(14)24-17)16(13-21(26)27)23-15-10-6-8-12-20(15)25-18(23)4-2/h5-12,16,24-25H,3-4,13H2,1-2H3,(H,26,27). The maximum atomic E-state index is 11.9. The van der Waals surface area contributed by atoms with E-state index >= 15 is 0 Å². The molecule has 2 heterocycles. The number of aliphatic carboxylic acids is 1. The van der Waals surface area contributed by atoms with Crippen LogP contribution in [-0.2, 0) is 17.6 Å². The summed E-state index contributed by atoms with van der Waals surface area (Å²) in [6.45, 7) is 4.23. The fourth-order valence-electron chi connectivity index (χ4n) is 4.32. The van der Waals surface area contributed by atoms with Gasteiger partial charge in [-0.25, -0.2) is 0 Å². The van der Waals surface area contributed by atoms with E-state index in [0.717, 1.165) is 57.2 Å². The van der Waals surface area contributed by atoms with E-state index < -0.39 is 5.97 Å². The summed E-state index contributed by atoms with van der Waals surface area (Å²) in [5.74, 6) is -0.973. The monoisotopic (exact) mass is 360 g/mol. The molecule has 0 radical (unpaired) electrons. The minimum Gasteiger partial charge on any atom is -0.481 e. The molecule has 0 saturated heterocycles. The molecule has 0 aliphatic heterocycles. The van der Waals surface area contributed by atoms with Crippen LogP contribution in [0.25, 0.3) is 21.8 Å². The Kier molecular flexibility index (Phi) is 4.48. The summed E-state index contributed by atoms with van der Waals surface area (Å²) in [4.78, 5) is 18.9. The maximum absolute atomic E-state index is 11.9. The van der Waals surface area contributed by atoms with Crippen LogP contribution in [0.15, 0.2) is 48.5 Å². The summed E-state index contributed by atoms with van der Waals surface area (Å²) < 4.78 is 0. The van der Waals surface area contributed by atoms with Crippen LogP contribution >= 0.6 is 0 Å². The Morgan fingerprint density at radius 1 is 0.852 bits per heavy atom. The van der Waals surface area contributed by atoms with Gasteiger partial charge in [0.1, 0.15) is 0 Å². The fraction of sp³-hybridized carbons (Fsp3) is 0.261. The predicted molar refractivity (Wildman–Crippen MR) is 109 cm³/mol. The number of hydrogen-bond acceptors (Lipinski definition) is 1. The molecule has 0 atom stereocenters. The molecule has 0 amide bonds. The van der Waals surface area contributed by atoms with Gasteiger partial charge in [0.05, 0.1) is 6.42 Å². The van der Waals surface area contributed by atoms with Crippen molar-refractivity contribution in [2.75, 3.05) is 0 Å². The van der Waals surface area contributed by atoms with E-state index in [4.69, 9.17) is 0 Å². The van der Waals surface area contributed by atoms with Crippen molar-refractivity contribution in [3.63, 3.8) is 0 Å². The van der Waals surface area contributed by atoms with Crippen molar-refractivity contribution in [3.05, 3.63) is 71.0 Å². The van der Waals surface area contributed by atoms with Crippen LogP contribution in [0.5, 0.6) is 0 Å². The van der Waals surface area contributed by atoms with Crippen molar-refractivity contribution in [1.29, 1.82) is 0 Å². The number of benzene rings is 2. The van der Waals surface area contributed by atoms with Gasteiger partial charge in [0.15, 0.2) is 0 Å². The lowest BCUT2D eigenvalue weighted by atomic mass is 9.84. The highest BCUT2D eigenvalue weighted by Crippen LogP contribution is 2.41. The van der Waals surface area contributed by atoms with Crippen LogP contribution in [0.3, 0.4) is 0 Å². The number of carboxylic acids is 1. The van der Waals surface area contributed by atoms with Gasteiger partial charge in [-0.15, -0.1) is 0 Å². The Labute approximate surface area is 158 Å². The molecule has 4 nitrogen and oxygen atoms in total. The van der Waals surface area contributed by atoms with Crippen molar-refractivity contribution in [1.82, 2.24) is 9.97 Å². The Morgan fingerprint density at radius 2 is 1.30 bits per heavy atom. The SMILES string of the molecule is CCc1[nH]c2ccccc2c1C(CC(=O)O)c1c(CC)[nH]c2ccccc12. The van der Waals surface area contributed by atoms with E-state index in [9.17, 15) is 9.90 Å². The normalized spacial score (nSPS) is 11.7. The van der Waals surface area contributed by atoms with Gasteiger partial charge < -0.3 is 15.1 Å². The summed E-state index contributed by atoms with van der Waals surface area (Å²) in [6, 6.07) is 16.4. The first-order chi connectivity index (χ1) is 13.1. The van der Waals surface area contributed by atoms with E-state index in [1.54, 1.807) is 0 Å². The first kappa shape index (κ1) is 17.4. The molecule has 0 aliphatic rings. The van der Waals surface area contributed by atoms with Gasteiger partial charge in [0.25, 0.3) is 0 Å². The third kappa shape index (κ3) is 2.91. The number of H-pyrrole nitrogens is 2. The van der Waals surface area contributed by atoms with Crippen molar-refractivity contribution < 1.29 is 9.90 Å². The Morgan fingerprint density at radius 3 is 1.70 bits per heavy atom. The van der Waals surface area contributed by atoms with Crippen LogP contribution in [-0.4, -0.2) is 21.0 Å². The summed E-state index contributed by atoms with van der Waals surface area (Å²) in [5, 5.41) is 12.0. The van der Waals surface area contributed by atoms with Crippen molar-refractivity contribution in [3.8, 4) is 0 Å². The van der Waals surface area contributed by atoms with E-state index in [1.807, 2.05) is 24.3 Å². The molecule has 4 aromatic rings. The van der Waals surface area contributed by atoms with Crippen molar-refractivity contribution in [2.24, 2.45) is 0 Å². The molecular formula is C23H24N2O2. The zero-order valence-electron chi connectivity index (χ0n) is 15.7. The van der Waals surface area contributed by atoms with Gasteiger partial charge in [-0.05, 0) is 36.1 Å². The largest absolute Gasteiger partial charge is 0.481 e. The number of aromatic nitrogens is 2. The summed E-state index contributed by atoms with van der Waals surface area (Å²) in [7, 11) is 0. The first-order valence-electron chi connectivity index (χ1n) is 9.54. The number of aryl methyl sites for hydroxylation is 2.